The molecule has 0 aromatic carbocycles. The summed E-state index contributed by atoms with van der Waals surface area (Å²) in [6.07, 6.45) is 5.29. The van der Waals surface area contributed by atoms with Gasteiger partial charge >= 0.3 is 0 Å². The minimum atomic E-state index is -0.711. The molecule has 5 nitrogen and oxygen atoms in total. The lowest BCUT2D eigenvalue weighted by Gasteiger charge is -2.37. The van der Waals surface area contributed by atoms with Crippen LogP contribution in [-0.4, -0.2) is 30.7 Å². The smallest absolute Gasteiger partial charge is 0.256 e. The molecule has 2 atom stereocenters. The molecule has 0 radical (unpaired) electrons. The first kappa shape index (κ1) is 14.8. The lowest BCUT2D eigenvalue weighted by atomic mass is 9.78. The van der Waals surface area contributed by atoms with E-state index in [1.54, 1.807) is 32.5 Å². The summed E-state index contributed by atoms with van der Waals surface area (Å²) in [6.45, 7) is 2.16. The van der Waals surface area contributed by atoms with Gasteiger partial charge in [0.05, 0.1) is 19.0 Å². The van der Waals surface area contributed by atoms with Crippen LogP contribution in [0.4, 0.5) is 5.69 Å². The molecule has 2 rings (SSSR count). The van der Waals surface area contributed by atoms with Crippen molar-refractivity contribution in [3.63, 3.8) is 0 Å². The van der Waals surface area contributed by atoms with Crippen LogP contribution in [0.2, 0.25) is 0 Å². The standard InChI is InChI=1S/C15H22N2O3/c1-11-5-4-8-15(9-11,20-3)14(18)17-12-6-7-13(19-2)16-10-12/h6-7,10-11H,4-5,8-9H2,1-3H3,(H,17,18)/t11-,15-/m1/s1. The number of anilines is 1. The highest BCUT2D eigenvalue weighted by molar-refractivity contribution is 5.97. The summed E-state index contributed by atoms with van der Waals surface area (Å²) >= 11 is 0. The van der Waals surface area contributed by atoms with Gasteiger partial charge in [-0.05, 0) is 31.2 Å². The molecular weight excluding hydrogens is 256 g/mol. The monoisotopic (exact) mass is 278 g/mol. The lowest BCUT2D eigenvalue weighted by Crippen LogP contribution is -2.47. The Hall–Kier alpha value is -1.62. The Bertz CT molecular complexity index is 461. The number of aromatic nitrogens is 1. The average Bonchev–Trinajstić information content (AvgIpc) is 2.47. The zero-order chi connectivity index (χ0) is 14.6. The summed E-state index contributed by atoms with van der Waals surface area (Å²) in [5, 5.41) is 2.89. The third kappa shape index (κ3) is 3.10. The Kier molecular flexibility index (Phi) is 4.60. The molecule has 0 bridgehead atoms. The number of carbonyl (C=O) groups is 1. The molecule has 1 heterocycles. The Labute approximate surface area is 119 Å². The van der Waals surface area contributed by atoms with Gasteiger partial charge in [0.1, 0.15) is 5.60 Å². The fourth-order valence-corrected chi connectivity index (χ4v) is 2.81. The van der Waals surface area contributed by atoms with E-state index >= 15 is 0 Å². The molecule has 1 fully saturated rings. The average molecular weight is 278 g/mol. The molecule has 1 aliphatic rings. The second kappa shape index (κ2) is 6.22. The van der Waals surface area contributed by atoms with Crippen molar-refractivity contribution in [2.75, 3.05) is 19.5 Å². The second-order valence-electron chi connectivity index (χ2n) is 5.44. The Morgan fingerprint density at radius 3 is 2.80 bits per heavy atom. The summed E-state index contributed by atoms with van der Waals surface area (Å²) < 4.78 is 10.6. The zero-order valence-corrected chi connectivity index (χ0v) is 12.3. The molecule has 0 saturated heterocycles. The predicted molar refractivity (Wildman–Crippen MR) is 76.8 cm³/mol. The molecule has 20 heavy (non-hydrogen) atoms. The quantitative estimate of drug-likeness (QED) is 0.919. The van der Waals surface area contributed by atoms with E-state index in [2.05, 4.69) is 17.2 Å². The fourth-order valence-electron chi connectivity index (χ4n) is 2.81. The van der Waals surface area contributed by atoms with Gasteiger partial charge in [-0.1, -0.05) is 13.3 Å². The Morgan fingerprint density at radius 2 is 2.25 bits per heavy atom. The molecule has 1 aromatic heterocycles. The number of hydrogen-bond acceptors (Lipinski definition) is 4. The number of ether oxygens (including phenoxy) is 2. The molecule has 0 aliphatic heterocycles. The number of carbonyl (C=O) groups excluding carboxylic acids is 1. The highest BCUT2D eigenvalue weighted by Gasteiger charge is 2.41. The topological polar surface area (TPSA) is 60.5 Å². The molecule has 110 valence electrons. The number of methoxy groups -OCH3 is 2. The first-order chi connectivity index (χ1) is 9.59. The number of pyridine rings is 1. The van der Waals surface area contributed by atoms with E-state index in [0.717, 1.165) is 25.7 Å². The fraction of sp³-hybridized carbons (Fsp3) is 0.600. The first-order valence-electron chi connectivity index (χ1n) is 6.96. The minimum Gasteiger partial charge on any atom is -0.481 e. The maximum absolute atomic E-state index is 12.5. The zero-order valence-electron chi connectivity index (χ0n) is 12.3. The Balaban J connectivity index is 2.08. The highest BCUT2D eigenvalue weighted by Crippen LogP contribution is 2.35. The molecule has 5 heteroatoms. The third-order valence-electron chi connectivity index (χ3n) is 3.96. The molecule has 0 spiro atoms. The van der Waals surface area contributed by atoms with E-state index in [1.807, 2.05) is 0 Å². The normalized spacial score (nSPS) is 26.1. The van der Waals surface area contributed by atoms with Gasteiger partial charge in [0.15, 0.2) is 0 Å². The van der Waals surface area contributed by atoms with Crippen LogP contribution in [0.3, 0.4) is 0 Å². The predicted octanol–water partition coefficient (Wildman–Crippen LogP) is 2.62. The third-order valence-corrected chi connectivity index (χ3v) is 3.96. The van der Waals surface area contributed by atoms with Crippen molar-refractivity contribution < 1.29 is 14.3 Å². The summed E-state index contributed by atoms with van der Waals surface area (Å²) in [6, 6.07) is 3.50. The van der Waals surface area contributed by atoms with Crippen LogP contribution < -0.4 is 10.1 Å². The van der Waals surface area contributed by atoms with Crippen molar-refractivity contribution >= 4 is 11.6 Å². The van der Waals surface area contributed by atoms with Crippen molar-refractivity contribution in [1.82, 2.24) is 4.98 Å². The summed E-state index contributed by atoms with van der Waals surface area (Å²) in [5.74, 6) is 0.942. The van der Waals surface area contributed by atoms with Crippen molar-refractivity contribution in [3.8, 4) is 5.88 Å². The van der Waals surface area contributed by atoms with E-state index in [0.29, 0.717) is 17.5 Å². The number of hydrogen-bond donors (Lipinski definition) is 1. The molecule has 1 aliphatic carbocycles. The van der Waals surface area contributed by atoms with Crippen LogP contribution in [0, 0.1) is 5.92 Å². The van der Waals surface area contributed by atoms with Crippen LogP contribution in [0.5, 0.6) is 5.88 Å². The van der Waals surface area contributed by atoms with Gasteiger partial charge in [0.2, 0.25) is 5.88 Å². The van der Waals surface area contributed by atoms with E-state index in [4.69, 9.17) is 9.47 Å². The van der Waals surface area contributed by atoms with E-state index in [9.17, 15) is 4.79 Å². The molecule has 0 unspecified atom stereocenters. The van der Waals surface area contributed by atoms with Crippen molar-refractivity contribution in [2.24, 2.45) is 5.92 Å². The van der Waals surface area contributed by atoms with Gasteiger partial charge in [-0.2, -0.15) is 0 Å². The molecule has 1 amide bonds. The molecule has 1 aromatic rings. The largest absolute Gasteiger partial charge is 0.481 e. The number of nitrogens with zero attached hydrogens (tertiary/aromatic N) is 1. The van der Waals surface area contributed by atoms with E-state index in [1.165, 1.54) is 0 Å². The van der Waals surface area contributed by atoms with Crippen molar-refractivity contribution in [1.29, 1.82) is 0 Å². The Morgan fingerprint density at radius 1 is 1.45 bits per heavy atom. The van der Waals surface area contributed by atoms with Gasteiger partial charge in [-0.15, -0.1) is 0 Å². The molecule has 1 saturated carbocycles. The van der Waals surface area contributed by atoms with Crippen molar-refractivity contribution in [3.05, 3.63) is 18.3 Å². The minimum absolute atomic E-state index is 0.0847. The maximum atomic E-state index is 12.5. The maximum Gasteiger partial charge on any atom is 0.256 e. The van der Waals surface area contributed by atoms with Gasteiger partial charge in [0.25, 0.3) is 5.91 Å². The van der Waals surface area contributed by atoms with Crippen LogP contribution in [0.1, 0.15) is 32.6 Å². The van der Waals surface area contributed by atoms with Gasteiger partial charge < -0.3 is 14.8 Å². The van der Waals surface area contributed by atoms with E-state index < -0.39 is 5.60 Å². The van der Waals surface area contributed by atoms with E-state index in [-0.39, 0.29) is 5.91 Å². The first-order valence-corrected chi connectivity index (χ1v) is 6.96. The van der Waals surface area contributed by atoms with Crippen LogP contribution in [0.15, 0.2) is 18.3 Å². The number of nitrogens with one attached hydrogen (secondary N) is 1. The van der Waals surface area contributed by atoms with Crippen molar-refractivity contribution in [2.45, 2.75) is 38.2 Å². The van der Waals surface area contributed by atoms with Crippen LogP contribution in [0.25, 0.3) is 0 Å². The highest BCUT2D eigenvalue weighted by atomic mass is 16.5. The molecular formula is C15H22N2O3. The second-order valence-corrected chi connectivity index (χ2v) is 5.44. The SMILES string of the molecule is COc1ccc(NC(=O)[C@@]2(OC)CCC[C@@H](C)C2)cn1. The summed E-state index contributed by atoms with van der Waals surface area (Å²) in [7, 11) is 3.17. The van der Waals surface area contributed by atoms with Gasteiger partial charge in [0, 0.05) is 13.2 Å². The number of amides is 1. The summed E-state index contributed by atoms with van der Waals surface area (Å²) in [4.78, 5) is 16.6. The van der Waals surface area contributed by atoms with Crippen LogP contribution >= 0.6 is 0 Å². The summed E-state index contributed by atoms with van der Waals surface area (Å²) in [5.41, 5.74) is -0.0529. The molecule has 1 N–H and O–H groups in total. The van der Waals surface area contributed by atoms with Gasteiger partial charge in [-0.25, -0.2) is 4.98 Å². The number of rotatable bonds is 4. The van der Waals surface area contributed by atoms with Crippen LogP contribution in [-0.2, 0) is 9.53 Å². The van der Waals surface area contributed by atoms with Gasteiger partial charge in [-0.3, -0.25) is 4.79 Å². The lowest BCUT2D eigenvalue weighted by molar-refractivity contribution is -0.143.